The number of nitrogens with zero attached hydrogens (tertiary/aromatic N) is 2. The van der Waals surface area contributed by atoms with E-state index in [0.29, 0.717) is 12.1 Å². The van der Waals surface area contributed by atoms with E-state index in [2.05, 4.69) is 21.2 Å². The van der Waals surface area contributed by atoms with Crippen LogP contribution >= 0.6 is 15.9 Å². The van der Waals surface area contributed by atoms with Crippen molar-refractivity contribution in [1.82, 2.24) is 9.13 Å². The fourth-order valence-electron chi connectivity index (χ4n) is 1.98. The Balaban J connectivity index is 2.23. The van der Waals surface area contributed by atoms with E-state index >= 15 is 0 Å². The van der Waals surface area contributed by atoms with Crippen molar-refractivity contribution in [2.24, 2.45) is 14.1 Å². The highest BCUT2D eigenvalue weighted by Crippen LogP contribution is 2.27. The fraction of sp³-hybridized carbons (Fsp3) is 0.286. The predicted molar refractivity (Wildman–Crippen MR) is 84.9 cm³/mol. The Hall–Kier alpha value is -2.02. The van der Waals surface area contributed by atoms with Gasteiger partial charge in [-0.2, -0.15) is 0 Å². The van der Waals surface area contributed by atoms with E-state index in [-0.39, 0.29) is 11.2 Å². The SMILES string of the molecule is COc1ccc(NCc2cn(C)c(=O)n(C)c2=O)cc1Br. The van der Waals surface area contributed by atoms with Crippen LogP contribution in [0.25, 0.3) is 0 Å². The molecular formula is C14H16BrN3O3. The van der Waals surface area contributed by atoms with Crippen LogP contribution in [-0.2, 0) is 20.6 Å². The van der Waals surface area contributed by atoms with Crippen LogP contribution in [0.5, 0.6) is 5.75 Å². The average molecular weight is 354 g/mol. The fourth-order valence-corrected chi connectivity index (χ4v) is 2.52. The monoisotopic (exact) mass is 353 g/mol. The number of nitrogens with one attached hydrogen (secondary N) is 1. The molecule has 0 radical (unpaired) electrons. The van der Waals surface area contributed by atoms with Gasteiger partial charge >= 0.3 is 5.69 Å². The summed E-state index contributed by atoms with van der Waals surface area (Å²) in [7, 11) is 4.69. The molecule has 0 amide bonds. The molecule has 112 valence electrons. The molecule has 0 saturated carbocycles. The molecule has 0 aliphatic heterocycles. The van der Waals surface area contributed by atoms with Crippen molar-refractivity contribution in [2.75, 3.05) is 12.4 Å². The molecule has 0 aliphatic carbocycles. The van der Waals surface area contributed by atoms with Gasteiger partial charge in [-0.1, -0.05) is 0 Å². The number of hydrogen-bond donors (Lipinski definition) is 1. The van der Waals surface area contributed by atoms with Crippen LogP contribution in [0.2, 0.25) is 0 Å². The van der Waals surface area contributed by atoms with Crippen molar-refractivity contribution < 1.29 is 4.74 Å². The van der Waals surface area contributed by atoms with E-state index in [1.807, 2.05) is 18.2 Å². The van der Waals surface area contributed by atoms with Crippen molar-refractivity contribution in [3.05, 3.63) is 55.3 Å². The maximum atomic E-state index is 12.0. The molecule has 1 N–H and O–H groups in total. The van der Waals surface area contributed by atoms with Gasteiger partial charge in [-0.15, -0.1) is 0 Å². The maximum absolute atomic E-state index is 12.0. The van der Waals surface area contributed by atoms with Crippen LogP contribution in [0.4, 0.5) is 5.69 Å². The second-order valence-electron chi connectivity index (χ2n) is 4.61. The Kier molecular flexibility index (Phi) is 4.52. The van der Waals surface area contributed by atoms with Crippen LogP contribution < -0.4 is 21.3 Å². The molecule has 0 unspecified atom stereocenters. The third kappa shape index (κ3) is 3.18. The first-order valence-electron chi connectivity index (χ1n) is 6.27. The summed E-state index contributed by atoms with van der Waals surface area (Å²) in [6.07, 6.45) is 1.55. The van der Waals surface area contributed by atoms with E-state index in [4.69, 9.17) is 4.74 Å². The number of methoxy groups -OCH3 is 1. The van der Waals surface area contributed by atoms with Gasteiger partial charge in [0, 0.05) is 32.5 Å². The minimum absolute atomic E-state index is 0.293. The molecular weight excluding hydrogens is 338 g/mol. The highest BCUT2D eigenvalue weighted by atomic mass is 79.9. The van der Waals surface area contributed by atoms with Crippen molar-refractivity contribution in [3.63, 3.8) is 0 Å². The first-order valence-corrected chi connectivity index (χ1v) is 7.06. The number of ether oxygens (including phenoxy) is 1. The van der Waals surface area contributed by atoms with Crippen molar-refractivity contribution in [1.29, 1.82) is 0 Å². The van der Waals surface area contributed by atoms with E-state index in [1.54, 1.807) is 20.4 Å². The predicted octanol–water partition coefficient (Wildman–Crippen LogP) is 1.47. The van der Waals surface area contributed by atoms with E-state index in [9.17, 15) is 9.59 Å². The van der Waals surface area contributed by atoms with Gasteiger partial charge in [-0.3, -0.25) is 9.36 Å². The van der Waals surface area contributed by atoms with Crippen LogP contribution in [-0.4, -0.2) is 16.2 Å². The van der Waals surface area contributed by atoms with Gasteiger partial charge in [-0.05, 0) is 34.1 Å². The van der Waals surface area contributed by atoms with Crippen molar-refractivity contribution >= 4 is 21.6 Å². The molecule has 7 heteroatoms. The van der Waals surface area contributed by atoms with Crippen LogP contribution in [0, 0.1) is 0 Å². The lowest BCUT2D eigenvalue weighted by Crippen LogP contribution is -2.38. The highest BCUT2D eigenvalue weighted by molar-refractivity contribution is 9.10. The molecule has 0 spiro atoms. The van der Waals surface area contributed by atoms with Gasteiger partial charge in [0.25, 0.3) is 5.56 Å². The lowest BCUT2D eigenvalue weighted by molar-refractivity contribution is 0.412. The maximum Gasteiger partial charge on any atom is 0.330 e. The first kappa shape index (κ1) is 15.4. The smallest absolute Gasteiger partial charge is 0.330 e. The molecule has 21 heavy (non-hydrogen) atoms. The van der Waals surface area contributed by atoms with Crippen LogP contribution in [0.1, 0.15) is 5.56 Å². The molecule has 1 aromatic heterocycles. The Morgan fingerprint density at radius 1 is 1.29 bits per heavy atom. The third-order valence-electron chi connectivity index (χ3n) is 3.15. The normalized spacial score (nSPS) is 10.5. The van der Waals surface area contributed by atoms with E-state index in [0.717, 1.165) is 20.5 Å². The molecule has 0 bridgehead atoms. The topological polar surface area (TPSA) is 65.3 Å². The second-order valence-corrected chi connectivity index (χ2v) is 5.47. The number of aromatic nitrogens is 2. The molecule has 6 nitrogen and oxygen atoms in total. The molecule has 0 fully saturated rings. The number of hydrogen-bond acceptors (Lipinski definition) is 4. The average Bonchev–Trinajstić information content (AvgIpc) is 2.47. The zero-order valence-electron chi connectivity index (χ0n) is 12.0. The Bertz CT molecular complexity index is 780. The Morgan fingerprint density at radius 2 is 2.00 bits per heavy atom. The molecule has 2 aromatic rings. The first-order chi connectivity index (χ1) is 9.93. The van der Waals surface area contributed by atoms with E-state index < -0.39 is 0 Å². The van der Waals surface area contributed by atoms with Crippen molar-refractivity contribution in [2.45, 2.75) is 6.54 Å². The highest BCUT2D eigenvalue weighted by Gasteiger charge is 2.07. The number of aryl methyl sites for hydroxylation is 1. The summed E-state index contributed by atoms with van der Waals surface area (Å²) >= 11 is 3.40. The summed E-state index contributed by atoms with van der Waals surface area (Å²) in [5.41, 5.74) is 0.735. The van der Waals surface area contributed by atoms with Crippen LogP contribution in [0.3, 0.4) is 0 Å². The van der Waals surface area contributed by atoms with Gasteiger partial charge in [0.2, 0.25) is 0 Å². The molecule has 0 saturated heterocycles. The quantitative estimate of drug-likeness (QED) is 0.903. The second kappa shape index (κ2) is 6.17. The Labute approximate surface area is 130 Å². The lowest BCUT2D eigenvalue weighted by Gasteiger charge is -2.10. The Morgan fingerprint density at radius 3 is 2.62 bits per heavy atom. The van der Waals surface area contributed by atoms with E-state index in [1.165, 1.54) is 11.6 Å². The van der Waals surface area contributed by atoms with Gasteiger partial charge in [0.15, 0.2) is 0 Å². The molecule has 1 aromatic carbocycles. The van der Waals surface area contributed by atoms with Gasteiger partial charge in [0.1, 0.15) is 5.75 Å². The zero-order valence-corrected chi connectivity index (χ0v) is 13.6. The van der Waals surface area contributed by atoms with Crippen LogP contribution in [0.15, 0.2) is 38.5 Å². The minimum atomic E-state index is -0.337. The molecule has 0 atom stereocenters. The van der Waals surface area contributed by atoms with Gasteiger partial charge in [0.05, 0.1) is 17.1 Å². The van der Waals surface area contributed by atoms with Crippen molar-refractivity contribution in [3.8, 4) is 5.75 Å². The summed E-state index contributed by atoms with van der Waals surface area (Å²) in [5, 5.41) is 3.15. The number of rotatable bonds is 4. The number of benzene rings is 1. The summed E-state index contributed by atoms with van der Waals surface area (Å²) in [4.78, 5) is 23.6. The summed E-state index contributed by atoms with van der Waals surface area (Å²) < 4.78 is 8.47. The summed E-state index contributed by atoms with van der Waals surface area (Å²) in [6, 6.07) is 5.55. The molecule has 0 aliphatic rings. The zero-order chi connectivity index (χ0) is 15.6. The standard InChI is InChI=1S/C14H16BrN3O3/c1-17-8-9(13(19)18(2)14(17)20)7-16-10-4-5-12(21-3)11(15)6-10/h4-6,8,16H,7H2,1-3H3. The number of anilines is 1. The molecule has 1 heterocycles. The summed E-state index contributed by atoms with van der Waals surface area (Å²) in [6.45, 7) is 0.333. The molecule has 2 rings (SSSR count). The largest absolute Gasteiger partial charge is 0.496 e. The van der Waals surface area contributed by atoms with Gasteiger partial charge < -0.3 is 14.6 Å². The number of halogens is 1. The van der Waals surface area contributed by atoms with Gasteiger partial charge in [-0.25, -0.2) is 4.79 Å². The lowest BCUT2D eigenvalue weighted by atomic mass is 10.2. The minimum Gasteiger partial charge on any atom is -0.496 e. The summed E-state index contributed by atoms with van der Waals surface area (Å²) in [5.74, 6) is 0.735. The third-order valence-corrected chi connectivity index (χ3v) is 3.77.